The number of hydrogen-bond donors (Lipinski definition) is 1. The average Bonchev–Trinajstić information content (AvgIpc) is 2.66. The van der Waals surface area contributed by atoms with Crippen LogP contribution in [-0.2, 0) is 17.5 Å². The van der Waals surface area contributed by atoms with Crippen molar-refractivity contribution in [3.63, 3.8) is 0 Å². The summed E-state index contributed by atoms with van der Waals surface area (Å²) in [5.41, 5.74) is -0.760. The summed E-state index contributed by atoms with van der Waals surface area (Å²) < 4.78 is 21.5. The van der Waals surface area contributed by atoms with Crippen LogP contribution >= 0.6 is 0 Å². The van der Waals surface area contributed by atoms with Crippen LogP contribution in [-0.4, -0.2) is 35.6 Å². The van der Waals surface area contributed by atoms with Gasteiger partial charge in [-0.2, -0.15) is 5.10 Å². The summed E-state index contributed by atoms with van der Waals surface area (Å²) in [6.45, 7) is 3.69. The molecular formula is C11H18FN3O. The Morgan fingerprint density at radius 1 is 1.75 bits per heavy atom. The van der Waals surface area contributed by atoms with Gasteiger partial charge in [0.05, 0.1) is 18.9 Å². The second-order valence-electron chi connectivity index (χ2n) is 4.47. The van der Waals surface area contributed by atoms with Crippen molar-refractivity contribution in [1.29, 1.82) is 0 Å². The van der Waals surface area contributed by atoms with Gasteiger partial charge >= 0.3 is 0 Å². The molecule has 90 valence electrons. The molecule has 1 saturated heterocycles. The smallest absolute Gasteiger partial charge is 0.151 e. The molecule has 1 aliphatic heterocycles. The second kappa shape index (κ2) is 4.51. The van der Waals surface area contributed by atoms with Crippen LogP contribution in [0.2, 0.25) is 0 Å². The summed E-state index contributed by atoms with van der Waals surface area (Å²) in [5, 5.41) is 7.26. The van der Waals surface area contributed by atoms with E-state index in [1.807, 2.05) is 0 Å². The Labute approximate surface area is 94.8 Å². The third kappa shape index (κ3) is 2.41. The number of halogens is 1. The molecule has 1 N–H and O–H groups in total. The van der Waals surface area contributed by atoms with E-state index in [9.17, 15) is 4.39 Å². The molecule has 4 nitrogen and oxygen atoms in total. The highest BCUT2D eigenvalue weighted by Gasteiger charge is 2.33. The van der Waals surface area contributed by atoms with Crippen molar-refractivity contribution >= 4 is 0 Å². The van der Waals surface area contributed by atoms with E-state index in [0.717, 1.165) is 6.54 Å². The molecule has 2 atom stereocenters. The van der Waals surface area contributed by atoms with Gasteiger partial charge < -0.3 is 10.1 Å². The summed E-state index contributed by atoms with van der Waals surface area (Å²) in [4.78, 5) is 0. The Morgan fingerprint density at radius 3 is 3.12 bits per heavy atom. The van der Waals surface area contributed by atoms with Crippen molar-refractivity contribution in [1.82, 2.24) is 15.1 Å². The molecule has 0 amide bonds. The molecule has 1 aromatic heterocycles. The van der Waals surface area contributed by atoms with Crippen molar-refractivity contribution in [3.8, 4) is 0 Å². The molecule has 0 aromatic carbocycles. The number of alkyl halides is 1. The zero-order chi connectivity index (χ0) is 11.6. The van der Waals surface area contributed by atoms with E-state index >= 15 is 0 Å². The summed E-state index contributed by atoms with van der Waals surface area (Å²) in [6.07, 6.45) is 2.03. The fourth-order valence-corrected chi connectivity index (χ4v) is 2.20. The fourth-order valence-electron chi connectivity index (χ4n) is 2.20. The average molecular weight is 227 g/mol. The van der Waals surface area contributed by atoms with Crippen LogP contribution in [0.4, 0.5) is 4.39 Å². The molecule has 0 bridgehead atoms. The zero-order valence-corrected chi connectivity index (χ0v) is 9.74. The summed E-state index contributed by atoms with van der Waals surface area (Å²) in [7, 11) is 1.76. The summed E-state index contributed by atoms with van der Waals surface area (Å²) in [5.74, 6) is 0. The van der Waals surface area contributed by atoms with Gasteiger partial charge in [-0.1, -0.05) is 0 Å². The quantitative estimate of drug-likeness (QED) is 0.836. The Hall–Kier alpha value is -0.940. The zero-order valence-electron chi connectivity index (χ0n) is 9.74. The predicted octanol–water partition coefficient (Wildman–Crippen LogP) is 0.983. The minimum atomic E-state index is -1.37. The van der Waals surface area contributed by atoms with Gasteiger partial charge in [0.1, 0.15) is 0 Å². The number of aryl methyl sites for hydroxylation is 1. The van der Waals surface area contributed by atoms with Gasteiger partial charge in [0.2, 0.25) is 0 Å². The van der Waals surface area contributed by atoms with Crippen molar-refractivity contribution in [3.05, 3.63) is 18.0 Å². The Morgan fingerprint density at radius 2 is 2.56 bits per heavy atom. The molecular weight excluding hydrogens is 209 g/mol. The molecule has 0 saturated carbocycles. The van der Waals surface area contributed by atoms with Crippen LogP contribution in [0.25, 0.3) is 0 Å². The van der Waals surface area contributed by atoms with E-state index in [0.29, 0.717) is 25.3 Å². The number of aromatic nitrogens is 2. The fraction of sp³-hybridized carbons (Fsp3) is 0.727. The van der Waals surface area contributed by atoms with Gasteiger partial charge in [-0.05, 0) is 13.0 Å². The van der Waals surface area contributed by atoms with Gasteiger partial charge in [0.15, 0.2) is 5.67 Å². The van der Waals surface area contributed by atoms with Gasteiger partial charge in [0, 0.05) is 32.3 Å². The van der Waals surface area contributed by atoms with E-state index in [2.05, 4.69) is 10.4 Å². The molecule has 1 fully saturated rings. The first-order chi connectivity index (χ1) is 7.59. The van der Waals surface area contributed by atoms with Crippen LogP contribution in [0.15, 0.2) is 12.3 Å². The number of rotatable bonds is 3. The van der Waals surface area contributed by atoms with Crippen LogP contribution in [0.3, 0.4) is 0 Å². The van der Waals surface area contributed by atoms with Crippen molar-refractivity contribution in [2.75, 3.05) is 19.8 Å². The minimum Gasteiger partial charge on any atom is -0.379 e. The maximum Gasteiger partial charge on any atom is 0.151 e. The first-order valence-corrected chi connectivity index (χ1v) is 5.58. The predicted molar refractivity (Wildman–Crippen MR) is 58.9 cm³/mol. The highest BCUT2D eigenvalue weighted by atomic mass is 19.1. The largest absolute Gasteiger partial charge is 0.379 e. The highest BCUT2D eigenvalue weighted by molar-refractivity contribution is 5.11. The summed E-state index contributed by atoms with van der Waals surface area (Å²) >= 11 is 0. The normalized spacial score (nSPS) is 25.3. The van der Waals surface area contributed by atoms with E-state index in [1.54, 1.807) is 30.9 Å². The van der Waals surface area contributed by atoms with E-state index < -0.39 is 5.67 Å². The topological polar surface area (TPSA) is 39.1 Å². The lowest BCUT2D eigenvalue weighted by molar-refractivity contribution is 0.0452. The Bertz CT molecular complexity index is 345. The molecule has 0 spiro atoms. The number of hydrogen-bond acceptors (Lipinski definition) is 3. The molecule has 0 radical (unpaired) electrons. The van der Waals surface area contributed by atoms with Gasteiger partial charge in [-0.3, -0.25) is 4.68 Å². The first-order valence-electron chi connectivity index (χ1n) is 5.58. The van der Waals surface area contributed by atoms with Gasteiger partial charge in [-0.25, -0.2) is 4.39 Å². The molecule has 2 heterocycles. The Kier molecular flexibility index (Phi) is 3.25. The standard InChI is InChI=1S/C11H18FN3O/c1-11(12,10-3-4-14-15(10)2)7-9-8-16-6-5-13-9/h3-4,9,13H,5-8H2,1-2H3. The van der Waals surface area contributed by atoms with E-state index in [1.165, 1.54) is 0 Å². The minimum absolute atomic E-state index is 0.0821. The number of nitrogens with zero attached hydrogens (tertiary/aromatic N) is 2. The molecule has 5 heteroatoms. The SMILES string of the molecule is Cn1nccc1C(C)(F)CC1COCCN1. The van der Waals surface area contributed by atoms with Crippen LogP contribution in [0, 0.1) is 0 Å². The number of ether oxygens (including phenoxy) is 1. The maximum atomic E-state index is 14.5. The third-order valence-electron chi connectivity index (χ3n) is 2.98. The van der Waals surface area contributed by atoms with Gasteiger partial charge in [-0.15, -0.1) is 0 Å². The monoisotopic (exact) mass is 227 g/mol. The molecule has 2 rings (SSSR count). The van der Waals surface area contributed by atoms with Crippen LogP contribution < -0.4 is 5.32 Å². The van der Waals surface area contributed by atoms with E-state index in [-0.39, 0.29) is 6.04 Å². The van der Waals surface area contributed by atoms with E-state index in [4.69, 9.17) is 4.74 Å². The highest BCUT2D eigenvalue weighted by Crippen LogP contribution is 2.30. The lowest BCUT2D eigenvalue weighted by Crippen LogP contribution is -2.44. The van der Waals surface area contributed by atoms with Crippen molar-refractivity contribution < 1.29 is 9.13 Å². The second-order valence-corrected chi connectivity index (χ2v) is 4.47. The molecule has 1 aliphatic rings. The third-order valence-corrected chi connectivity index (χ3v) is 2.98. The van der Waals surface area contributed by atoms with Crippen molar-refractivity contribution in [2.24, 2.45) is 7.05 Å². The number of nitrogens with one attached hydrogen (secondary N) is 1. The van der Waals surface area contributed by atoms with Crippen molar-refractivity contribution in [2.45, 2.75) is 25.1 Å². The lowest BCUT2D eigenvalue weighted by atomic mass is 9.95. The Balaban J connectivity index is 2.04. The maximum absolute atomic E-state index is 14.5. The lowest BCUT2D eigenvalue weighted by Gasteiger charge is -2.29. The van der Waals surface area contributed by atoms with Crippen LogP contribution in [0.1, 0.15) is 19.0 Å². The van der Waals surface area contributed by atoms with Crippen LogP contribution in [0.5, 0.6) is 0 Å². The molecule has 2 unspecified atom stereocenters. The summed E-state index contributed by atoms with van der Waals surface area (Å²) in [6, 6.07) is 1.81. The molecule has 0 aliphatic carbocycles. The van der Waals surface area contributed by atoms with Gasteiger partial charge in [0.25, 0.3) is 0 Å². The number of morpholine rings is 1. The molecule has 16 heavy (non-hydrogen) atoms. The molecule has 1 aromatic rings. The first kappa shape index (κ1) is 11.5.